The molecule has 0 radical (unpaired) electrons. The topological polar surface area (TPSA) is 133 Å². The van der Waals surface area contributed by atoms with Crippen LogP contribution < -0.4 is 10.6 Å². The van der Waals surface area contributed by atoms with E-state index in [1.165, 1.54) is 0 Å². The lowest BCUT2D eigenvalue weighted by molar-refractivity contribution is -0.172. The number of hydrogen-bond donors (Lipinski definition) is 2. The molecule has 2 heterocycles. The molecule has 0 bridgehead atoms. The van der Waals surface area contributed by atoms with E-state index in [-0.39, 0.29) is 12.8 Å². The number of hydrogen-bond acceptors (Lipinski definition) is 6. The smallest absolute Gasteiger partial charge is 0.275 e. The van der Waals surface area contributed by atoms with Crippen LogP contribution in [0.25, 0.3) is 0 Å². The highest BCUT2D eigenvalue weighted by molar-refractivity contribution is 6.26. The molecule has 2 N–H and O–H groups in total. The first-order valence-electron chi connectivity index (χ1n) is 12.0. The molecule has 0 spiro atoms. The van der Waals surface area contributed by atoms with Gasteiger partial charge in [0.05, 0.1) is 0 Å². The molecule has 0 aromatic rings. The summed E-state index contributed by atoms with van der Waals surface area (Å²) in [5, 5.41) is 5.23. The third kappa shape index (κ3) is 3.22. The second kappa shape index (κ2) is 8.81. The third-order valence-electron chi connectivity index (χ3n) is 7.65. The van der Waals surface area contributed by atoms with E-state index >= 15 is 0 Å². The molecule has 2 saturated heterocycles. The summed E-state index contributed by atoms with van der Waals surface area (Å²) in [6, 6.07) is -2.37. The van der Waals surface area contributed by atoms with E-state index in [9.17, 15) is 28.8 Å². The monoisotopic (exact) mass is 470 g/mol. The highest BCUT2D eigenvalue weighted by Gasteiger charge is 2.63. The van der Waals surface area contributed by atoms with Gasteiger partial charge < -0.3 is 0 Å². The normalized spacial score (nSPS) is 30.6. The number of carbonyl (C=O) groups is 6. The molecule has 0 saturated carbocycles. The molecule has 0 aromatic carbocycles. The number of hydrazine groups is 1. The molecule has 8 amide bonds. The van der Waals surface area contributed by atoms with Crippen LogP contribution in [0.1, 0.15) is 78.1 Å². The summed E-state index contributed by atoms with van der Waals surface area (Å²) < 4.78 is 0. The lowest BCUT2D eigenvalue weighted by Gasteiger charge is -2.47. The van der Waals surface area contributed by atoms with Gasteiger partial charge in [-0.3, -0.25) is 29.8 Å². The largest absolute Gasteiger partial charge is 0.350 e. The quantitative estimate of drug-likeness (QED) is 0.469. The molecular weight excluding hydrogens is 440 g/mol. The molecule has 2 fully saturated rings. The summed E-state index contributed by atoms with van der Waals surface area (Å²) in [6.45, 7) is 3.32. The number of rotatable bonds is 5. The summed E-state index contributed by atoms with van der Waals surface area (Å²) in [5.74, 6) is -3.41. The Bertz CT molecular complexity index is 964. The summed E-state index contributed by atoms with van der Waals surface area (Å²) in [6.07, 6.45) is 9.58. The summed E-state index contributed by atoms with van der Waals surface area (Å²) in [5.41, 5.74) is -2.23. The zero-order valence-electron chi connectivity index (χ0n) is 19.6. The highest BCUT2D eigenvalue weighted by atomic mass is 16.3. The minimum absolute atomic E-state index is 0.0555. The molecule has 34 heavy (non-hydrogen) atoms. The van der Waals surface area contributed by atoms with Crippen LogP contribution in [0.2, 0.25) is 0 Å². The third-order valence-corrected chi connectivity index (χ3v) is 7.65. The van der Waals surface area contributed by atoms with Crippen molar-refractivity contribution in [3.05, 3.63) is 23.3 Å². The number of amides is 8. The van der Waals surface area contributed by atoms with Crippen molar-refractivity contribution in [1.82, 2.24) is 20.7 Å². The molecular formula is C24H30N4O6. The van der Waals surface area contributed by atoms with Crippen LogP contribution in [-0.4, -0.2) is 45.7 Å². The van der Waals surface area contributed by atoms with Crippen molar-refractivity contribution in [2.75, 3.05) is 0 Å². The average Bonchev–Trinajstić information content (AvgIpc) is 2.83. The number of urea groups is 2. The van der Waals surface area contributed by atoms with Crippen LogP contribution in [0.5, 0.6) is 0 Å². The predicted molar refractivity (Wildman–Crippen MR) is 119 cm³/mol. The minimum Gasteiger partial charge on any atom is -0.275 e. The number of nitrogens with zero attached hydrogens (tertiary/aromatic N) is 2. The Morgan fingerprint density at radius 2 is 1.06 bits per heavy atom. The Kier molecular flexibility index (Phi) is 6.18. The van der Waals surface area contributed by atoms with Crippen molar-refractivity contribution < 1.29 is 28.8 Å². The second-order valence-electron chi connectivity index (χ2n) is 9.22. The molecule has 182 valence electrons. The molecule has 2 atom stereocenters. The van der Waals surface area contributed by atoms with Crippen molar-refractivity contribution >= 4 is 35.7 Å². The maximum Gasteiger partial charge on any atom is 0.350 e. The average molecular weight is 471 g/mol. The summed E-state index contributed by atoms with van der Waals surface area (Å²) >= 11 is 0. The fourth-order valence-electron chi connectivity index (χ4n) is 5.71. The fraction of sp³-hybridized carbons (Fsp3) is 0.583. The van der Waals surface area contributed by atoms with Crippen LogP contribution in [0.15, 0.2) is 23.3 Å². The van der Waals surface area contributed by atoms with Crippen LogP contribution in [-0.2, 0) is 19.2 Å². The lowest BCUT2D eigenvalue weighted by atomic mass is 9.70. The van der Waals surface area contributed by atoms with E-state index in [4.69, 9.17) is 0 Å². The van der Waals surface area contributed by atoms with Gasteiger partial charge in [0.15, 0.2) is 10.8 Å². The van der Waals surface area contributed by atoms with Crippen molar-refractivity contribution in [1.29, 1.82) is 0 Å². The molecule has 2 aliphatic heterocycles. The van der Waals surface area contributed by atoms with Gasteiger partial charge in [-0.1, -0.05) is 26.0 Å². The van der Waals surface area contributed by atoms with E-state index in [2.05, 4.69) is 10.6 Å². The Morgan fingerprint density at radius 3 is 1.35 bits per heavy atom. The van der Waals surface area contributed by atoms with Gasteiger partial charge >= 0.3 is 12.1 Å². The van der Waals surface area contributed by atoms with Gasteiger partial charge in [-0.25, -0.2) is 9.59 Å². The van der Waals surface area contributed by atoms with E-state index < -0.39 is 46.5 Å². The summed E-state index contributed by atoms with van der Waals surface area (Å²) in [7, 11) is 0. The van der Waals surface area contributed by atoms with Gasteiger partial charge in [-0.15, -0.1) is 0 Å². The van der Waals surface area contributed by atoms with Crippen molar-refractivity contribution in [2.24, 2.45) is 10.8 Å². The number of imide groups is 4. The number of barbiturate groups is 2. The first-order chi connectivity index (χ1) is 16.3. The molecule has 10 nitrogen and oxygen atoms in total. The molecule has 10 heteroatoms. The van der Waals surface area contributed by atoms with Crippen LogP contribution in [0.3, 0.4) is 0 Å². The minimum atomic E-state index is -1.70. The van der Waals surface area contributed by atoms with Crippen LogP contribution >= 0.6 is 0 Å². The van der Waals surface area contributed by atoms with Gasteiger partial charge in [-0.05, 0) is 75.4 Å². The van der Waals surface area contributed by atoms with Crippen molar-refractivity contribution in [3.8, 4) is 0 Å². The maximum atomic E-state index is 13.9. The van der Waals surface area contributed by atoms with Gasteiger partial charge in [0, 0.05) is 0 Å². The summed E-state index contributed by atoms with van der Waals surface area (Å²) in [4.78, 5) is 79.7. The SMILES string of the molecule is CCC1(C2=CCCCC2)C(=O)NC(=O)N(N2C(=O)NC(=O)C(CC)(C3=CCCCC3)C2=O)C1=O. The molecule has 4 aliphatic rings. The first-order valence-corrected chi connectivity index (χ1v) is 12.0. The van der Waals surface area contributed by atoms with E-state index in [0.29, 0.717) is 46.8 Å². The Morgan fingerprint density at radius 1 is 0.676 bits per heavy atom. The van der Waals surface area contributed by atoms with Crippen LogP contribution in [0, 0.1) is 10.8 Å². The maximum absolute atomic E-state index is 13.9. The van der Waals surface area contributed by atoms with Gasteiger partial charge in [0.2, 0.25) is 11.8 Å². The number of carbonyl (C=O) groups excluding carboxylic acids is 6. The zero-order chi connectivity index (χ0) is 24.7. The predicted octanol–water partition coefficient (Wildman–Crippen LogP) is 2.85. The van der Waals surface area contributed by atoms with E-state index in [1.807, 2.05) is 12.2 Å². The standard InChI is InChI=1S/C24H30N4O6/c1-3-23(15-11-7-5-8-12-15)17(29)25-21(33)27(19(23)31)28-20(32)24(4-2,18(30)26-22(28)34)16-13-9-6-10-14-16/h11,13H,3-10,12,14H2,1-2H3,(H,25,29,33)(H,26,30,34). The molecule has 2 unspecified atom stereocenters. The van der Waals surface area contributed by atoms with E-state index in [1.54, 1.807) is 13.8 Å². The number of allylic oxidation sites excluding steroid dienone is 2. The van der Waals surface area contributed by atoms with Crippen LogP contribution in [0.4, 0.5) is 9.59 Å². The van der Waals surface area contributed by atoms with Gasteiger partial charge in [-0.2, -0.15) is 10.0 Å². The molecule has 2 aliphatic carbocycles. The number of nitrogens with one attached hydrogen (secondary N) is 2. The Labute approximate surface area is 197 Å². The zero-order valence-corrected chi connectivity index (χ0v) is 19.6. The van der Waals surface area contributed by atoms with Gasteiger partial charge in [0.25, 0.3) is 11.8 Å². The molecule has 0 aromatic heterocycles. The first kappa shape index (κ1) is 23.8. The Balaban J connectivity index is 1.81. The second-order valence-corrected chi connectivity index (χ2v) is 9.22. The van der Waals surface area contributed by atoms with Gasteiger partial charge in [0.1, 0.15) is 0 Å². The lowest BCUT2D eigenvalue weighted by Crippen LogP contribution is -2.75. The van der Waals surface area contributed by atoms with Crippen molar-refractivity contribution in [2.45, 2.75) is 78.1 Å². The Hall–Kier alpha value is -3.30. The molecule has 4 rings (SSSR count). The van der Waals surface area contributed by atoms with Crippen molar-refractivity contribution in [3.63, 3.8) is 0 Å². The van der Waals surface area contributed by atoms with E-state index in [0.717, 1.165) is 25.7 Å². The fourth-order valence-corrected chi connectivity index (χ4v) is 5.71. The highest BCUT2D eigenvalue weighted by Crippen LogP contribution is 2.45.